The van der Waals surface area contributed by atoms with Gasteiger partial charge in [-0.3, -0.25) is 0 Å². The van der Waals surface area contributed by atoms with Gasteiger partial charge >= 0.3 is 0 Å². The van der Waals surface area contributed by atoms with E-state index in [1.807, 2.05) is 0 Å². The molecule has 0 fully saturated rings. The quantitative estimate of drug-likeness (QED) is 0.575. The van der Waals surface area contributed by atoms with Crippen molar-refractivity contribution in [3.8, 4) is 0 Å². The zero-order valence-electron chi connectivity index (χ0n) is 6.92. The van der Waals surface area contributed by atoms with Crippen molar-refractivity contribution in [2.75, 3.05) is 6.61 Å². The van der Waals surface area contributed by atoms with Gasteiger partial charge in [-0.05, 0) is 13.3 Å². The molecule has 0 aromatic heterocycles. The maximum absolute atomic E-state index is 5.37. The molecule has 0 radical (unpaired) electrons. The SMILES string of the molecule is CCC(C)C1=NC(C)CO1. The van der Waals surface area contributed by atoms with Gasteiger partial charge in [0.25, 0.3) is 0 Å². The molecule has 1 aliphatic rings. The van der Waals surface area contributed by atoms with Crippen molar-refractivity contribution in [3.63, 3.8) is 0 Å². The Bertz CT molecular complexity index is 142. The molecule has 0 spiro atoms. The zero-order chi connectivity index (χ0) is 7.56. The van der Waals surface area contributed by atoms with Crippen LogP contribution < -0.4 is 0 Å². The van der Waals surface area contributed by atoms with Crippen molar-refractivity contribution in [2.24, 2.45) is 10.9 Å². The standard InChI is InChI=1S/C8H15NO/c1-4-6(2)8-9-7(3)5-10-8/h6-7H,4-5H2,1-3H3. The first kappa shape index (κ1) is 7.58. The predicted octanol–water partition coefficient (Wildman–Crippen LogP) is 1.85. The average Bonchev–Trinajstić information content (AvgIpc) is 2.34. The van der Waals surface area contributed by atoms with E-state index in [1.54, 1.807) is 0 Å². The van der Waals surface area contributed by atoms with Crippen molar-refractivity contribution < 1.29 is 4.74 Å². The summed E-state index contributed by atoms with van der Waals surface area (Å²) in [5.74, 6) is 1.46. The molecule has 0 aromatic rings. The third-order valence-electron chi connectivity index (χ3n) is 1.85. The Hall–Kier alpha value is -0.530. The van der Waals surface area contributed by atoms with Crippen LogP contribution in [0.3, 0.4) is 0 Å². The Morgan fingerprint density at radius 1 is 1.80 bits per heavy atom. The van der Waals surface area contributed by atoms with Crippen LogP contribution in [0, 0.1) is 5.92 Å². The smallest absolute Gasteiger partial charge is 0.186 e. The molecule has 2 unspecified atom stereocenters. The lowest BCUT2D eigenvalue weighted by molar-refractivity contribution is 0.303. The minimum Gasteiger partial charge on any atom is -0.479 e. The minimum absolute atomic E-state index is 0.379. The lowest BCUT2D eigenvalue weighted by atomic mass is 10.1. The summed E-state index contributed by atoms with van der Waals surface area (Å²) in [4.78, 5) is 4.35. The van der Waals surface area contributed by atoms with Crippen LogP contribution in [0.15, 0.2) is 4.99 Å². The summed E-state index contributed by atoms with van der Waals surface area (Å²) < 4.78 is 5.37. The van der Waals surface area contributed by atoms with E-state index in [-0.39, 0.29) is 0 Å². The van der Waals surface area contributed by atoms with E-state index in [2.05, 4.69) is 25.8 Å². The lowest BCUT2D eigenvalue weighted by Gasteiger charge is -2.06. The van der Waals surface area contributed by atoms with Crippen LogP contribution in [0.1, 0.15) is 27.2 Å². The van der Waals surface area contributed by atoms with Gasteiger partial charge in [-0.15, -0.1) is 0 Å². The van der Waals surface area contributed by atoms with Crippen LogP contribution in [0.4, 0.5) is 0 Å². The fourth-order valence-corrected chi connectivity index (χ4v) is 0.942. The van der Waals surface area contributed by atoms with Gasteiger partial charge in [0.05, 0.1) is 6.04 Å². The molecule has 2 atom stereocenters. The molecule has 58 valence electrons. The first-order valence-electron chi connectivity index (χ1n) is 3.94. The van der Waals surface area contributed by atoms with Crippen LogP contribution >= 0.6 is 0 Å². The normalized spacial score (nSPS) is 27.5. The Labute approximate surface area is 62.3 Å². The van der Waals surface area contributed by atoms with Crippen molar-refractivity contribution in [3.05, 3.63) is 0 Å². The van der Waals surface area contributed by atoms with Gasteiger partial charge in [-0.2, -0.15) is 0 Å². The molecule has 2 nitrogen and oxygen atoms in total. The topological polar surface area (TPSA) is 21.6 Å². The molecule has 0 bridgehead atoms. The molecule has 0 aliphatic carbocycles. The first-order chi connectivity index (χ1) is 4.74. The highest BCUT2D eigenvalue weighted by molar-refractivity contribution is 5.79. The number of aliphatic imine (C=N–C) groups is 1. The minimum atomic E-state index is 0.379. The van der Waals surface area contributed by atoms with Crippen LogP contribution in [0.2, 0.25) is 0 Å². The maximum atomic E-state index is 5.37. The van der Waals surface area contributed by atoms with Gasteiger partial charge in [0.15, 0.2) is 5.90 Å². The summed E-state index contributed by atoms with van der Waals surface area (Å²) >= 11 is 0. The van der Waals surface area contributed by atoms with Crippen molar-refractivity contribution >= 4 is 5.90 Å². The monoisotopic (exact) mass is 141 g/mol. The molecule has 1 heterocycles. The summed E-state index contributed by atoms with van der Waals surface area (Å²) in [5.41, 5.74) is 0. The Morgan fingerprint density at radius 2 is 2.50 bits per heavy atom. The Balaban J connectivity index is 2.48. The molecule has 10 heavy (non-hydrogen) atoms. The van der Waals surface area contributed by atoms with E-state index in [4.69, 9.17) is 4.74 Å². The van der Waals surface area contributed by atoms with E-state index < -0.39 is 0 Å². The summed E-state index contributed by atoms with van der Waals surface area (Å²) in [7, 11) is 0. The van der Waals surface area contributed by atoms with E-state index in [0.29, 0.717) is 12.0 Å². The fourth-order valence-electron chi connectivity index (χ4n) is 0.942. The van der Waals surface area contributed by atoms with Gasteiger partial charge in [-0.1, -0.05) is 13.8 Å². The van der Waals surface area contributed by atoms with Gasteiger partial charge in [0, 0.05) is 5.92 Å². The Kier molecular flexibility index (Phi) is 2.30. The molecule has 1 aliphatic heterocycles. The van der Waals surface area contributed by atoms with Gasteiger partial charge in [0.1, 0.15) is 6.61 Å². The molecule has 0 saturated heterocycles. The van der Waals surface area contributed by atoms with Gasteiger partial charge < -0.3 is 4.74 Å². The highest BCUT2D eigenvalue weighted by Gasteiger charge is 2.18. The lowest BCUT2D eigenvalue weighted by Crippen LogP contribution is -2.09. The van der Waals surface area contributed by atoms with E-state index >= 15 is 0 Å². The van der Waals surface area contributed by atoms with Crippen LogP contribution in [0.25, 0.3) is 0 Å². The number of rotatable bonds is 2. The maximum Gasteiger partial charge on any atom is 0.186 e. The number of hydrogen-bond donors (Lipinski definition) is 0. The van der Waals surface area contributed by atoms with E-state index in [0.717, 1.165) is 18.9 Å². The molecule has 0 amide bonds. The Morgan fingerprint density at radius 3 is 2.90 bits per heavy atom. The molecular weight excluding hydrogens is 126 g/mol. The second-order valence-corrected chi connectivity index (χ2v) is 2.94. The second kappa shape index (κ2) is 3.04. The second-order valence-electron chi connectivity index (χ2n) is 2.94. The van der Waals surface area contributed by atoms with Crippen molar-refractivity contribution in [2.45, 2.75) is 33.2 Å². The molecular formula is C8H15NO. The molecule has 0 aromatic carbocycles. The number of ether oxygens (including phenoxy) is 1. The largest absolute Gasteiger partial charge is 0.479 e. The summed E-state index contributed by atoms with van der Waals surface area (Å²) in [6.07, 6.45) is 1.12. The predicted molar refractivity (Wildman–Crippen MR) is 42.3 cm³/mol. The van der Waals surface area contributed by atoms with Crippen LogP contribution in [-0.2, 0) is 4.74 Å². The third kappa shape index (κ3) is 1.49. The summed E-state index contributed by atoms with van der Waals surface area (Å²) in [6, 6.07) is 0.379. The summed E-state index contributed by atoms with van der Waals surface area (Å²) in [6.45, 7) is 7.16. The first-order valence-corrected chi connectivity index (χ1v) is 3.94. The summed E-state index contributed by atoms with van der Waals surface area (Å²) in [5, 5.41) is 0. The van der Waals surface area contributed by atoms with Crippen LogP contribution in [-0.4, -0.2) is 18.5 Å². The molecule has 0 N–H and O–H groups in total. The van der Waals surface area contributed by atoms with Crippen molar-refractivity contribution in [1.82, 2.24) is 0 Å². The molecule has 2 heteroatoms. The average molecular weight is 141 g/mol. The van der Waals surface area contributed by atoms with Crippen molar-refractivity contribution in [1.29, 1.82) is 0 Å². The van der Waals surface area contributed by atoms with Gasteiger partial charge in [-0.25, -0.2) is 4.99 Å². The van der Waals surface area contributed by atoms with Crippen LogP contribution in [0.5, 0.6) is 0 Å². The number of nitrogens with zero attached hydrogens (tertiary/aromatic N) is 1. The highest BCUT2D eigenvalue weighted by atomic mass is 16.5. The molecule has 0 saturated carbocycles. The number of hydrogen-bond acceptors (Lipinski definition) is 2. The molecule has 1 rings (SSSR count). The third-order valence-corrected chi connectivity index (χ3v) is 1.85. The van der Waals surface area contributed by atoms with Gasteiger partial charge in [0.2, 0.25) is 0 Å². The fraction of sp³-hybridized carbons (Fsp3) is 0.875. The highest BCUT2D eigenvalue weighted by Crippen LogP contribution is 2.12. The van der Waals surface area contributed by atoms with E-state index in [1.165, 1.54) is 0 Å². The zero-order valence-corrected chi connectivity index (χ0v) is 6.92. The van der Waals surface area contributed by atoms with E-state index in [9.17, 15) is 0 Å².